The van der Waals surface area contributed by atoms with Crippen LogP contribution in [-0.2, 0) is 16.1 Å². The summed E-state index contributed by atoms with van der Waals surface area (Å²) in [5.74, 6) is 1.35. The van der Waals surface area contributed by atoms with Crippen molar-refractivity contribution in [2.75, 3.05) is 0 Å². The highest BCUT2D eigenvalue weighted by atomic mass is 16.7. The molecule has 5 nitrogen and oxygen atoms in total. The van der Waals surface area contributed by atoms with Crippen molar-refractivity contribution in [1.29, 1.82) is 0 Å². The maximum atomic E-state index is 10.7. The first-order chi connectivity index (χ1) is 11.3. The first kappa shape index (κ1) is 16.0. The number of non-ortho nitro benzene ring substituents is 1. The van der Waals surface area contributed by atoms with Gasteiger partial charge in [-0.15, -0.1) is 0 Å². The quantitative estimate of drug-likeness (QED) is 0.609. The predicted molar refractivity (Wildman–Crippen MR) is 89.3 cm³/mol. The Morgan fingerprint density at radius 1 is 1.29 bits per heavy atom. The maximum absolute atomic E-state index is 10.7. The van der Waals surface area contributed by atoms with E-state index in [2.05, 4.69) is 20.8 Å². The molecule has 1 heterocycles. The van der Waals surface area contributed by atoms with Crippen LogP contribution in [0.3, 0.4) is 0 Å². The molecule has 0 amide bonds. The first-order valence-electron chi connectivity index (χ1n) is 8.83. The van der Waals surface area contributed by atoms with Gasteiger partial charge >= 0.3 is 0 Å². The zero-order valence-corrected chi connectivity index (χ0v) is 14.5. The van der Waals surface area contributed by atoms with Gasteiger partial charge in [0.1, 0.15) is 0 Å². The van der Waals surface area contributed by atoms with Crippen molar-refractivity contribution in [3.05, 3.63) is 39.9 Å². The van der Waals surface area contributed by atoms with Crippen molar-refractivity contribution in [3.63, 3.8) is 0 Å². The zero-order chi connectivity index (χ0) is 17.1. The molecule has 5 atom stereocenters. The summed E-state index contributed by atoms with van der Waals surface area (Å²) in [7, 11) is 0. The van der Waals surface area contributed by atoms with Gasteiger partial charge < -0.3 is 9.47 Å². The predicted octanol–water partition coefficient (Wildman–Crippen LogP) is 4.30. The average Bonchev–Trinajstić information content (AvgIpc) is 3.11. The smallest absolute Gasteiger partial charge is 0.269 e. The van der Waals surface area contributed by atoms with Gasteiger partial charge in [0.25, 0.3) is 5.69 Å². The van der Waals surface area contributed by atoms with Crippen molar-refractivity contribution >= 4 is 5.69 Å². The first-order valence-corrected chi connectivity index (χ1v) is 8.83. The van der Waals surface area contributed by atoms with Crippen LogP contribution in [0.4, 0.5) is 5.69 Å². The lowest BCUT2D eigenvalue weighted by Gasteiger charge is -2.38. The third kappa shape index (κ3) is 2.14. The SMILES string of the molecule is CC1(C)[C@@H]2CC[C@@]1(C)[C@@H]1O[C@@H](OCc3ccc([N+](=O)[O-])cc3)C[C@H]21. The number of fused-ring (bicyclic) bond motifs is 5. The number of rotatable bonds is 4. The Balaban J connectivity index is 1.38. The Morgan fingerprint density at radius 2 is 2.00 bits per heavy atom. The van der Waals surface area contributed by atoms with Crippen molar-refractivity contribution in [2.24, 2.45) is 22.7 Å². The number of hydrogen-bond acceptors (Lipinski definition) is 4. The summed E-state index contributed by atoms with van der Waals surface area (Å²) in [6, 6.07) is 6.55. The molecule has 3 fully saturated rings. The second-order valence-corrected chi connectivity index (χ2v) is 8.40. The van der Waals surface area contributed by atoms with Crippen LogP contribution in [0.2, 0.25) is 0 Å². The van der Waals surface area contributed by atoms with Crippen LogP contribution in [-0.4, -0.2) is 17.3 Å². The Labute approximate surface area is 142 Å². The maximum Gasteiger partial charge on any atom is 0.269 e. The fourth-order valence-electron chi connectivity index (χ4n) is 5.49. The van der Waals surface area contributed by atoms with Crippen LogP contribution in [0.15, 0.2) is 24.3 Å². The summed E-state index contributed by atoms with van der Waals surface area (Å²) in [5, 5.41) is 10.7. The summed E-state index contributed by atoms with van der Waals surface area (Å²) < 4.78 is 12.3. The Bertz CT molecular complexity index is 656. The lowest BCUT2D eigenvalue weighted by atomic mass is 9.70. The monoisotopic (exact) mass is 331 g/mol. The molecule has 4 rings (SSSR count). The van der Waals surface area contributed by atoms with Crippen LogP contribution in [0, 0.1) is 32.8 Å². The summed E-state index contributed by atoms with van der Waals surface area (Å²) in [6.45, 7) is 7.63. The van der Waals surface area contributed by atoms with Crippen LogP contribution < -0.4 is 0 Å². The molecule has 0 unspecified atom stereocenters. The number of nitro benzene ring substituents is 1. The molecular weight excluding hydrogens is 306 g/mol. The molecule has 0 aromatic heterocycles. The molecule has 0 radical (unpaired) electrons. The Hall–Kier alpha value is -1.46. The molecule has 3 aliphatic rings. The van der Waals surface area contributed by atoms with Gasteiger partial charge in [0.15, 0.2) is 6.29 Å². The fourth-order valence-corrected chi connectivity index (χ4v) is 5.49. The largest absolute Gasteiger partial charge is 0.349 e. The number of nitro groups is 1. The van der Waals surface area contributed by atoms with Crippen LogP contribution in [0.5, 0.6) is 0 Å². The van der Waals surface area contributed by atoms with E-state index in [9.17, 15) is 10.1 Å². The average molecular weight is 331 g/mol. The number of nitrogens with zero attached hydrogens (tertiary/aromatic N) is 1. The van der Waals surface area contributed by atoms with E-state index >= 15 is 0 Å². The third-order valence-electron chi connectivity index (χ3n) is 7.25. The molecule has 24 heavy (non-hydrogen) atoms. The highest BCUT2D eigenvalue weighted by molar-refractivity contribution is 5.32. The lowest BCUT2D eigenvalue weighted by Crippen LogP contribution is -2.37. The van der Waals surface area contributed by atoms with Crippen LogP contribution in [0.1, 0.15) is 45.6 Å². The summed E-state index contributed by atoms with van der Waals surface area (Å²) in [5.41, 5.74) is 1.66. The van der Waals surface area contributed by atoms with E-state index in [1.165, 1.54) is 25.0 Å². The summed E-state index contributed by atoms with van der Waals surface area (Å²) >= 11 is 0. The molecule has 5 heteroatoms. The minimum absolute atomic E-state index is 0.108. The molecule has 1 aromatic rings. The van der Waals surface area contributed by atoms with Crippen LogP contribution in [0.25, 0.3) is 0 Å². The van der Waals surface area contributed by atoms with E-state index in [0.29, 0.717) is 24.0 Å². The summed E-state index contributed by atoms with van der Waals surface area (Å²) in [4.78, 5) is 10.3. The van der Waals surface area contributed by atoms with Gasteiger partial charge in [0.05, 0.1) is 17.6 Å². The highest BCUT2D eigenvalue weighted by Crippen LogP contribution is 2.71. The number of benzene rings is 1. The molecular formula is C19H25NO4. The van der Waals surface area contributed by atoms with E-state index in [1.54, 1.807) is 12.1 Å². The second-order valence-electron chi connectivity index (χ2n) is 8.40. The summed E-state index contributed by atoms with van der Waals surface area (Å²) in [6.07, 6.45) is 3.70. The van der Waals surface area contributed by atoms with E-state index in [4.69, 9.17) is 9.47 Å². The second kappa shape index (κ2) is 5.27. The molecule has 0 spiro atoms. The van der Waals surface area contributed by atoms with Crippen molar-refractivity contribution in [3.8, 4) is 0 Å². The molecule has 0 N–H and O–H groups in total. The number of hydrogen-bond donors (Lipinski definition) is 0. The highest BCUT2D eigenvalue weighted by Gasteiger charge is 2.69. The van der Waals surface area contributed by atoms with Crippen molar-refractivity contribution < 1.29 is 14.4 Å². The minimum atomic E-state index is -0.385. The Kier molecular flexibility index (Phi) is 3.52. The van der Waals surface area contributed by atoms with E-state index in [0.717, 1.165) is 17.9 Å². The van der Waals surface area contributed by atoms with E-state index in [-0.39, 0.29) is 22.3 Å². The molecule has 2 bridgehead atoms. The molecule has 2 aliphatic carbocycles. The molecule has 1 saturated heterocycles. The lowest BCUT2D eigenvalue weighted by molar-refractivity contribution is -0.384. The van der Waals surface area contributed by atoms with Crippen molar-refractivity contribution in [2.45, 2.75) is 59.0 Å². The van der Waals surface area contributed by atoms with Gasteiger partial charge in [0.2, 0.25) is 0 Å². The van der Waals surface area contributed by atoms with Crippen LogP contribution >= 0.6 is 0 Å². The number of ether oxygens (including phenoxy) is 2. The zero-order valence-electron chi connectivity index (χ0n) is 14.5. The minimum Gasteiger partial charge on any atom is -0.349 e. The Morgan fingerprint density at radius 3 is 2.62 bits per heavy atom. The molecule has 1 aromatic carbocycles. The van der Waals surface area contributed by atoms with E-state index < -0.39 is 0 Å². The van der Waals surface area contributed by atoms with Gasteiger partial charge in [-0.05, 0) is 53.2 Å². The molecule has 1 aliphatic heterocycles. The van der Waals surface area contributed by atoms with E-state index in [1.807, 2.05) is 0 Å². The van der Waals surface area contributed by atoms with Gasteiger partial charge in [-0.3, -0.25) is 10.1 Å². The van der Waals surface area contributed by atoms with Gasteiger partial charge in [-0.1, -0.05) is 20.8 Å². The molecule has 130 valence electrons. The fraction of sp³-hybridized carbons (Fsp3) is 0.684. The van der Waals surface area contributed by atoms with Gasteiger partial charge in [-0.2, -0.15) is 0 Å². The topological polar surface area (TPSA) is 61.6 Å². The third-order valence-corrected chi connectivity index (χ3v) is 7.25. The van der Waals surface area contributed by atoms with Crippen molar-refractivity contribution in [1.82, 2.24) is 0 Å². The van der Waals surface area contributed by atoms with Gasteiger partial charge in [-0.25, -0.2) is 0 Å². The standard InChI is InChI=1S/C19H25NO4/c1-18(2)15-8-9-19(18,3)17-14(15)10-16(24-17)23-11-12-4-6-13(7-5-12)20(21)22/h4-7,14-17H,8-11H2,1-3H3/t14-,15-,16-,17-,19+/m1/s1. The normalized spacial score (nSPS) is 39.1. The molecule has 2 saturated carbocycles. The van der Waals surface area contributed by atoms with Gasteiger partial charge in [0, 0.05) is 18.6 Å².